The Morgan fingerprint density at radius 2 is 2.29 bits per heavy atom. The van der Waals surface area contributed by atoms with Crippen LogP contribution in [0.2, 0.25) is 0 Å². The van der Waals surface area contributed by atoms with Crippen LogP contribution >= 0.6 is 0 Å². The number of carbonyl (C=O) groups is 1. The average molecular weight is 238 g/mol. The number of aliphatic hydroxyl groups excluding tert-OH is 1. The molecular formula is C11H18N4O2. The fourth-order valence-corrected chi connectivity index (χ4v) is 2.24. The summed E-state index contributed by atoms with van der Waals surface area (Å²) in [7, 11) is 1.79. The van der Waals surface area contributed by atoms with Gasteiger partial charge >= 0.3 is 6.03 Å². The zero-order valence-corrected chi connectivity index (χ0v) is 9.94. The first-order valence-electron chi connectivity index (χ1n) is 5.83. The molecule has 1 aliphatic carbocycles. The Hall–Kier alpha value is -1.56. The van der Waals surface area contributed by atoms with Gasteiger partial charge in [-0.05, 0) is 12.8 Å². The van der Waals surface area contributed by atoms with Gasteiger partial charge in [-0.2, -0.15) is 5.10 Å². The van der Waals surface area contributed by atoms with Gasteiger partial charge in [0.2, 0.25) is 0 Å². The van der Waals surface area contributed by atoms with E-state index in [-0.39, 0.29) is 12.6 Å². The third-order valence-electron chi connectivity index (χ3n) is 3.20. The zero-order chi connectivity index (χ0) is 12.3. The molecule has 6 heteroatoms. The van der Waals surface area contributed by atoms with Crippen LogP contribution in [-0.2, 0) is 7.05 Å². The topological polar surface area (TPSA) is 79.2 Å². The van der Waals surface area contributed by atoms with Crippen molar-refractivity contribution in [2.75, 3.05) is 11.9 Å². The van der Waals surface area contributed by atoms with Gasteiger partial charge in [-0.3, -0.25) is 10.00 Å². The summed E-state index contributed by atoms with van der Waals surface area (Å²) in [5.74, 6) is 0.510. The number of aliphatic hydroxyl groups is 1. The van der Waals surface area contributed by atoms with Crippen molar-refractivity contribution >= 4 is 11.8 Å². The predicted molar refractivity (Wildman–Crippen MR) is 63.6 cm³/mol. The molecule has 0 spiro atoms. The van der Waals surface area contributed by atoms with E-state index in [1.54, 1.807) is 24.0 Å². The van der Waals surface area contributed by atoms with Crippen molar-refractivity contribution in [1.82, 2.24) is 15.1 Å². The SMILES string of the molecule is Cn1ccc(NC(=O)NC2(CO)CCCC2)n1. The van der Waals surface area contributed by atoms with Crippen LogP contribution in [0.1, 0.15) is 25.7 Å². The van der Waals surface area contributed by atoms with Gasteiger partial charge in [0.15, 0.2) is 5.82 Å². The van der Waals surface area contributed by atoms with Gasteiger partial charge in [0.05, 0.1) is 12.1 Å². The van der Waals surface area contributed by atoms with Gasteiger partial charge in [0.1, 0.15) is 0 Å². The van der Waals surface area contributed by atoms with Gasteiger partial charge in [0, 0.05) is 19.3 Å². The van der Waals surface area contributed by atoms with Crippen LogP contribution in [0.25, 0.3) is 0 Å². The normalized spacial score (nSPS) is 18.0. The van der Waals surface area contributed by atoms with Crippen LogP contribution in [0, 0.1) is 0 Å². The third kappa shape index (κ3) is 2.76. The lowest BCUT2D eigenvalue weighted by molar-refractivity contribution is 0.167. The molecule has 1 aromatic rings. The van der Waals surface area contributed by atoms with Gasteiger partial charge in [-0.25, -0.2) is 4.79 Å². The summed E-state index contributed by atoms with van der Waals surface area (Å²) in [4.78, 5) is 11.8. The van der Waals surface area contributed by atoms with Crippen LogP contribution in [-0.4, -0.2) is 33.1 Å². The highest BCUT2D eigenvalue weighted by molar-refractivity contribution is 5.88. The average Bonchev–Trinajstić information content (AvgIpc) is 2.89. The van der Waals surface area contributed by atoms with Crippen molar-refractivity contribution in [2.24, 2.45) is 7.05 Å². The second-order valence-electron chi connectivity index (χ2n) is 4.60. The molecule has 2 rings (SSSR count). The maximum atomic E-state index is 11.8. The Kier molecular flexibility index (Phi) is 3.33. The molecule has 1 fully saturated rings. The first kappa shape index (κ1) is 11.9. The first-order valence-corrected chi connectivity index (χ1v) is 5.83. The van der Waals surface area contributed by atoms with Gasteiger partial charge in [-0.15, -0.1) is 0 Å². The molecule has 1 heterocycles. The van der Waals surface area contributed by atoms with Crippen LogP contribution in [0.4, 0.5) is 10.6 Å². The molecule has 2 amide bonds. The van der Waals surface area contributed by atoms with Gasteiger partial charge < -0.3 is 10.4 Å². The molecule has 1 saturated carbocycles. The number of aryl methyl sites for hydroxylation is 1. The molecule has 1 aromatic heterocycles. The predicted octanol–water partition coefficient (Wildman–Crippen LogP) is 0.847. The van der Waals surface area contributed by atoms with Crippen LogP contribution < -0.4 is 10.6 Å². The minimum absolute atomic E-state index is 0.0113. The lowest BCUT2D eigenvalue weighted by Gasteiger charge is -2.27. The zero-order valence-electron chi connectivity index (χ0n) is 9.94. The number of urea groups is 1. The molecule has 0 atom stereocenters. The van der Waals surface area contributed by atoms with Gasteiger partial charge in [-0.1, -0.05) is 12.8 Å². The van der Waals surface area contributed by atoms with E-state index in [1.165, 1.54) is 0 Å². The molecule has 94 valence electrons. The molecule has 0 unspecified atom stereocenters. The van der Waals surface area contributed by atoms with E-state index in [1.807, 2.05) is 0 Å². The highest BCUT2D eigenvalue weighted by Crippen LogP contribution is 2.29. The number of carbonyl (C=O) groups excluding carboxylic acids is 1. The molecule has 0 aromatic carbocycles. The Morgan fingerprint density at radius 1 is 1.59 bits per heavy atom. The number of nitrogens with one attached hydrogen (secondary N) is 2. The summed E-state index contributed by atoms with van der Waals surface area (Å²) in [6, 6.07) is 1.42. The van der Waals surface area contributed by atoms with E-state index in [0.717, 1.165) is 25.7 Å². The number of amides is 2. The Bertz CT molecular complexity index is 396. The van der Waals surface area contributed by atoms with Crippen LogP contribution in [0.3, 0.4) is 0 Å². The number of hydrogen-bond acceptors (Lipinski definition) is 3. The smallest absolute Gasteiger partial charge is 0.320 e. The van der Waals surface area contributed by atoms with Crippen molar-refractivity contribution in [2.45, 2.75) is 31.2 Å². The van der Waals surface area contributed by atoms with Crippen molar-refractivity contribution < 1.29 is 9.90 Å². The van der Waals surface area contributed by atoms with E-state index >= 15 is 0 Å². The lowest BCUT2D eigenvalue weighted by atomic mass is 9.99. The largest absolute Gasteiger partial charge is 0.394 e. The maximum absolute atomic E-state index is 11.8. The van der Waals surface area contributed by atoms with Crippen LogP contribution in [0.15, 0.2) is 12.3 Å². The highest BCUT2D eigenvalue weighted by Gasteiger charge is 2.34. The number of hydrogen-bond donors (Lipinski definition) is 3. The molecule has 0 bridgehead atoms. The van der Waals surface area contributed by atoms with Crippen molar-refractivity contribution in [3.63, 3.8) is 0 Å². The first-order chi connectivity index (χ1) is 8.13. The highest BCUT2D eigenvalue weighted by atomic mass is 16.3. The molecule has 0 aliphatic heterocycles. The number of anilines is 1. The summed E-state index contributed by atoms with van der Waals surface area (Å²) in [6.07, 6.45) is 5.51. The molecule has 0 saturated heterocycles. The molecule has 3 N–H and O–H groups in total. The van der Waals surface area contributed by atoms with E-state index in [0.29, 0.717) is 5.82 Å². The summed E-state index contributed by atoms with van der Waals surface area (Å²) in [5, 5.41) is 18.9. The second-order valence-corrected chi connectivity index (χ2v) is 4.60. The molecule has 17 heavy (non-hydrogen) atoms. The molecule has 0 radical (unpaired) electrons. The van der Waals surface area contributed by atoms with Crippen molar-refractivity contribution in [1.29, 1.82) is 0 Å². The Labute approximate surface area is 100 Å². The van der Waals surface area contributed by atoms with E-state index in [4.69, 9.17) is 0 Å². The summed E-state index contributed by atoms with van der Waals surface area (Å²) < 4.78 is 1.62. The quantitative estimate of drug-likeness (QED) is 0.730. The number of rotatable bonds is 3. The minimum Gasteiger partial charge on any atom is -0.394 e. The molecular weight excluding hydrogens is 220 g/mol. The fourth-order valence-electron chi connectivity index (χ4n) is 2.24. The fraction of sp³-hybridized carbons (Fsp3) is 0.636. The summed E-state index contributed by atoms with van der Waals surface area (Å²) >= 11 is 0. The van der Waals surface area contributed by atoms with Gasteiger partial charge in [0.25, 0.3) is 0 Å². The van der Waals surface area contributed by atoms with Crippen molar-refractivity contribution in [3.05, 3.63) is 12.3 Å². The Balaban J connectivity index is 1.92. The van der Waals surface area contributed by atoms with E-state index in [2.05, 4.69) is 15.7 Å². The van der Waals surface area contributed by atoms with E-state index < -0.39 is 5.54 Å². The molecule has 1 aliphatic rings. The lowest BCUT2D eigenvalue weighted by Crippen LogP contribution is -2.50. The standard InChI is InChI=1S/C11H18N4O2/c1-15-7-4-9(14-15)12-10(17)13-11(8-16)5-2-3-6-11/h4,7,16H,2-3,5-6,8H2,1H3,(H2,12,13,14,17). The summed E-state index contributed by atoms with van der Waals surface area (Å²) in [6.45, 7) is -0.0113. The minimum atomic E-state index is -0.446. The number of nitrogens with zero attached hydrogens (tertiary/aromatic N) is 2. The van der Waals surface area contributed by atoms with Crippen molar-refractivity contribution in [3.8, 4) is 0 Å². The second kappa shape index (κ2) is 4.75. The monoisotopic (exact) mass is 238 g/mol. The maximum Gasteiger partial charge on any atom is 0.320 e. The van der Waals surface area contributed by atoms with Crippen LogP contribution in [0.5, 0.6) is 0 Å². The third-order valence-corrected chi connectivity index (χ3v) is 3.20. The van der Waals surface area contributed by atoms with E-state index in [9.17, 15) is 9.90 Å². The summed E-state index contributed by atoms with van der Waals surface area (Å²) in [5.41, 5.74) is -0.446. The number of aromatic nitrogens is 2. The Morgan fingerprint density at radius 3 is 2.82 bits per heavy atom. The molecule has 6 nitrogen and oxygen atoms in total.